The highest BCUT2D eigenvalue weighted by molar-refractivity contribution is 6.31. The van der Waals surface area contributed by atoms with Crippen LogP contribution in [0.25, 0.3) is 0 Å². The summed E-state index contributed by atoms with van der Waals surface area (Å²) in [4.78, 5) is 12.1. The number of ether oxygens (including phenoxy) is 2. The third kappa shape index (κ3) is 5.34. The van der Waals surface area contributed by atoms with E-state index in [4.69, 9.17) is 21.1 Å². The Bertz CT molecular complexity index is 766. The lowest BCUT2D eigenvalue weighted by molar-refractivity contribution is -0.114. The zero-order valence-corrected chi connectivity index (χ0v) is 14.9. The molecule has 1 fully saturated rings. The maximum atomic E-state index is 13.1. The van der Waals surface area contributed by atoms with E-state index >= 15 is 0 Å². The number of rotatable bonds is 7. The van der Waals surface area contributed by atoms with Crippen molar-refractivity contribution in [1.29, 1.82) is 0 Å². The summed E-state index contributed by atoms with van der Waals surface area (Å²) in [6.45, 7) is 1.32. The van der Waals surface area contributed by atoms with Crippen molar-refractivity contribution in [3.63, 3.8) is 0 Å². The van der Waals surface area contributed by atoms with E-state index < -0.39 is 5.82 Å². The van der Waals surface area contributed by atoms with E-state index in [0.29, 0.717) is 23.7 Å². The van der Waals surface area contributed by atoms with E-state index in [1.165, 1.54) is 18.2 Å². The summed E-state index contributed by atoms with van der Waals surface area (Å²) < 4.78 is 24.4. The van der Waals surface area contributed by atoms with Crippen molar-refractivity contribution in [1.82, 2.24) is 0 Å². The second kappa shape index (κ2) is 8.87. The zero-order chi connectivity index (χ0) is 18.4. The fourth-order valence-electron chi connectivity index (χ4n) is 2.62. The Morgan fingerprint density at radius 1 is 1.27 bits per heavy atom. The van der Waals surface area contributed by atoms with E-state index in [1.807, 2.05) is 12.1 Å². The summed E-state index contributed by atoms with van der Waals surface area (Å²) in [5, 5.41) is 5.69. The van der Waals surface area contributed by atoms with Crippen molar-refractivity contribution < 1.29 is 18.7 Å². The van der Waals surface area contributed by atoms with Crippen molar-refractivity contribution in [2.75, 3.05) is 30.4 Å². The maximum absolute atomic E-state index is 13.1. The molecule has 1 aliphatic heterocycles. The monoisotopic (exact) mass is 378 g/mol. The number of carbonyl (C=O) groups is 1. The molecule has 0 aliphatic carbocycles. The molecule has 1 aliphatic rings. The molecule has 1 atom stereocenters. The lowest BCUT2D eigenvalue weighted by Gasteiger charge is -2.13. The van der Waals surface area contributed by atoms with Gasteiger partial charge in [-0.2, -0.15) is 0 Å². The number of carbonyl (C=O) groups excluding carboxylic acids is 1. The fourth-order valence-corrected chi connectivity index (χ4v) is 2.80. The largest absolute Gasteiger partial charge is 0.491 e. The highest BCUT2D eigenvalue weighted by atomic mass is 35.5. The van der Waals surface area contributed by atoms with Gasteiger partial charge >= 0.3 is 0 Å². The summed E-state index contributed by atoms with van der Waals surface area (Å²) in [7, 11) is 0. The SMILES string of the molecule is O=C(CNc1ccc(F)c(Cl)c1)Nc1cccc(OCC2CCCO2)c1. The molecule has 1 heterocycles. The quantitative estimate of drug-likeness (QED) is 0.762. The van der Waals surface area contributed by atoms with Gasteiger partial charge in [0.1, 0.15) is 18.2 Å². The first-order valence-electron chi connectivity index (χ1n) is 8.43. The molecule has 138 valence electrons. The average Bonchev–Trinajstić information content (AvgIpc) is 3.15. The normalized spacial score (nSPS) is 16.3. The number of anilines is 2. The molecule has 1 unspecified atom stereocenters. The first-order chi connectivity index (χ1) is 12.6. The average molecular weight is 379 g/mol. The third-order valence-corrected chi connectivity index (χ3v) is 4.24. The summed E-state index contributed by atoms with van der Waals surface area (Å²) in [6.07, 6.45) is 2.21. The Hall–Kier alpha value is -2.31. The number of benzene rings is 2. The number of nitrogens with one attached hydrogen (secondary N) is 2. The van der Waals surface area contributed by atoms with Crippen LogP contribution in [0, 0.1) is 5.82 Å². The molecule has 26 heavy (non-hydrogen) atoms. The Balaban J connectivity index is 1.48. The molecule has 0 spiro atoms. The number of amides is 1. The molecule has 1 amide bonds. The van der Waals surface area contributed by atoms with E-state index in [-0.39, 0.29) is 23.6 Å². The van der Waals surface area contributed by atoms with E-state index in [2.05, 4.69) is 10.6 Å². The van der Waals surface area contributed by atoms with E-state index in [1.54, 1.807) is 12.1 Å². The van der Waals surface area contributed by atoms with Crippen LogP contribution in [0.4, 0.5) is 15.8 Å². The molecule has 5 nitrogen and oxygen atoms in total. The Morgan fingerprint density at radius 3 is 2.92 bits per heavy atom. The van der Waals surface area contributed by atoms with Crippen molar-refractivity contribution in [2.24, 2.45) is 0 Å². The smallest absolute Gasteiger partial charge is 0.243 e. The van der Waals surface area contributed by atoms with Gasteiger partial charge in [0.2, 0.25) is 5.91 Å². The van der Waals surface area contributed by atoms with Crippen LogP contribution in [0.15, 0.2) is 42.5 Å². The van der Waals surface area contributed by atoms with Gasteiger partial charge in [0.15, 0.2) is 0 Å². The molecular weight excluding hydrogens is 359 g/mol. The van der Waals surface area contributed by atoms with Crippen LogP contribution >= 0.6 is 11.6 Å². The standard InChI is InChI=1S/C19H20ClFN2O3/c20-17-10-13(6-7-18(17)21)22-11-19(24)23-14-3-1-4-15(9-14)26-12-16-5-2-8-25-16/h1,3-4,6-7,9-10,16,22H,2,5,8,11-12H2,(H,23,24). The molecule has 2 aromatic carbocycles. The van der Waals surface area contributed by atoms with Crippen molar-refractivity contribution in [2.45, 2.75) is 18.9 Å². The first kappa shape index (κ1) is 18.5. The zero-order valence-electron chi connectivity index (χ0n) is 14.1. The third-order valence-electron chi connectivity index (χ3n) is 3.95. The summed E-state index contributed by atoms with van der Waals surface area (Å²) >= 11 is 5.71. The van der Waals surface area contributed by atoms with Crippen molar-refractivity contribution in [3.05, 3.63) is 53.3 Å². The van der Waals surface area contributed by atoms with Gasteiger partial charge in [-0.15, -0.1) is 0 Å². The second-order valence-electron chi connectivity index (χ2n) is 6.00. The van der Waals surface area contributed by atoms with Crippen LogP contribution in [0.3, 0.4) is 0 Å². The predicted molar refractivity (Wildman–Crippen MR) is 99.4 cm³/mol. The van der Waals surface area contributed by atoms with Gasteiger partial charge < -0.3 is 20.1 Å². The molecular formula is C19H20ClFN2O3. The number of halogens is 2. The van der Waals surface area contributed by atoms with Gasteiger partial charge in [0.05, 0.1) is 17.7 Å². The topological polar surface area (TPSA) is 59.6 Å². The molecule has 2 aromatic rings. The second-order valence-corrected chi connectivity index (χ2v) is 6.41. The highest BCUT2D eigenvalue weighted by Crippen LogP contribution is 2.21. The molecule has 0 bridgehead atoms. The molecule has 0 saturated carbocycles. The van der Waals surface area contributed by atoms with Crippen LogP contribution in [0.1, 0.15) is 12.8 Å². The van der Waals surface area contributed by atoms with Crippen LogP contribution in [-0.4, -0.2) is 31.8 Å². The minimum absolute atomic E-state index is 0.00602. The Morgan fingerprint density at radius 2 is 2.15 bits per heavy atom. The Kier molecular flexibility index (Phi) is 6.30. The molecule has 3 rings (SSSR count). The van der Waals surface area contributed by atoms with Crippen molar-refractivity contribution in [3.8, 4) is 5.75 Å². The van der Waals surface area contributed by atoms with Gasteiger partial charge in [-0.25, -0.2) is 4.39 Å². The Labute approximate surface area is 156 Å². The van der Waals surface area contributed by atoms with Crippen molar-refractivity contribution >= 4 is 28.9 Å². The lowest BCUT2D eigenvalue weighted by atomic mass is 10.2. The molecule has 2 N–H and O–H groups in total. The highest BCUT2D eigenvalue weighted by Gasteiger charge is 2.16. The summed E-state index contributed by atoms with van der Waals surface area (Å²) in [5.41, 5.74) is 1.21. The predicted octanol–water partition coefficient (Wildman–Crippen LogP) is 4.09. The van der Waals surface area contributed by atoms with Gasteiger partial charge in [0, 0.05) is 24.0 Å². The van der Waals surface area contributed by atoms with Gasteiger partial charge in [0.25, 0.3) is 0 Å². The van der Waals surface area contributed by atoms with Gasteiger partial charge in [-0.1, -0.05) is 17.7 Å². The first-order valence-corrected chi connectivity index (χ1v) is 8.81. The number of hydrogen-bond acceptors (Lipinski definition) is 4. The van der Waals surface area contributed by atoms with Crippen LogP contribution in [0.2, 0.25) is 5.02 Å². The van der Waals surface area contributed by atoms with Gasteiger partial charge in [-0.05, 0) is 43.2 Å². The maximum Gasteiger partial charge on any atom is 0.243 e. The summed E-state index contributed by atoms with van der Waals surface area (Å²) in [5.74, 6) is -0.0558. The number of hydrogen-bond donors (Lipinski definition) is 2. The minimum atomic E-state index is -0.499. The molecule has 0 radical (unpaired) electrons. The molecule has 1 saturated heterocycles. The lowest BCUT2D eigenvalue weighted by Crippen LogP contribution is -2.21. The van der Waals surface area contributed by atoms with E-state index in [0.717, 1.165) is 19.4 Å². The van der Waals surface area contributed by atoms with Gasteiger partial charge in [-0.3, -0.25) is 4.79 Å². The van der Waals surface area contributed by atoms with Crippen LogP contribution in [-0.2, 0) is 9.53 Å². The summed E-state index contributed by atoms with van der Waals surface area (Å²) in [6, 6.07) is 11.4. The van der Waals surface area contributed by atoms with Crippen LogP contribution in [0.5, 0.6) is 5.75 Å². The van der Waals surface area contributed by atoms with Crippen LogP contribution < -0.4 is 15.4 Å². The minimum Gasteiger partial charge on any atom is -0.491 e. The molecule has 7 heteroatoms. The van der Waals surface area contributed by atoms with E-state index in [9.17, 15) is 9.18 Å². The molecule has 0 aromatic heterocycles. The fraction of sp³-hybridized carbons (Fsp3) is 0.316.